The standard InChI is InChI=1S/C38H36F42N2O4/c39-19(40,21(43,44)23(47,48)25(51,52)27(55,56)29(59,60)31(63,64)33(67,68)35(71,72)37(75,76)77)3-1-5-81-7-11-83-15-17-85-13-9-82(10-14-86-18-16-84-12-8-81)6-2-4-20(41,42)22(45,46)24(49,50)26(53,54)28(57,58)30(61,62)32(65,66)34(69,70)36(73,74)38(78,79)80/h1-18H2. The number of halogens is 42. The summed E-state index contributed by atoms with van der Waals surface area (Å²) >= 11 is 0. The maximum absolute atomic E-state index is 14.6. The van der Waals surface area contributed by atoms with Crippen LogP contribution in [0.2, 0.25) is 0 Å². The molecule has 516 valence electrons. The fourth-order valence-corrected chi connectivity index (χ4v) is 6.63. The van der Waals surface area contributed by atoms with E-state index in [1.165, 1.54) is 0 Å². The van der Waals surface area contributed by atoms with E-state index in [0.717, 1.165) is 9.80 Å². The van der Waals surface area contributed by atoms with Gasteiger partial charge in [-0.2, -0.15) is 184 Å². The highest BCUT2D eigenvalue weighted by Crippen LogP contribution is 2.69. The topological polar surface area (TPSA) is 43.4 Å². The third-order valence-corrected chi connectivity index (χ3v) is 12.0. The second-order valence-electron chi connectivity index (χ2n) is 17.9. The van der Waals surface area contributed by atoms with Crippen LogP contribution >= 0.6 is 0 Å². The number of hydrogen-bond acceptors (Lipinski definition) is 6. The summed E-state index contributed by atoms with van der Waals surface area (Å²) in [4.78, 5) is 1.58. The Hall–Kier alpha value is -3.18. The van der Waals surface area contributed by atoms with Crippen LogP contribution in [0, 0.1) is 0 Å². The van der Waals surface area contributed by atoms with Crippen molar-refractivity contribution in [3.05, 3.63) is 0 Å². The first-order chi connectivity index (χ1) is 37.7. The predicted molar refractivity (Wildman–Crippen MR) is 196 cm³/mol. The average Bonchev–Trinajstić information content (AvgIpc) is 1.64. The maximum atomic E-state index is 14.6. The quantitative estimate of drug-likeness (QED) is 0.0898. The van der Waals surface area contributed by atoms with Gasteiger partial charge in [-0.15, -0.1) is 0 Å². The third-order valence-electron chi connectivity index (χ3n) is 12.0. The van der Waals surface area contributed by atoms with E-state index < -0.39 is 237 Å². The smallest absolute Gasteiger partial charge is 0.378 e. The van der Waals surface area contributed by atoms with Crippen molar-refractivity contribution in [2.75, 3.05) is 92.1 Å². The Bertz CT molecular complexity index is 1990. The number of alkyl halides is 42. The molecule has 0 aliphatic carbocycles. The first kappa shape index (κ1) is 80.8. The van der Waals surface area contributed by atoms with Crippen LogP contribution in [0.25, 0.3) is 0 Å². The van der Waals surface area contributed by atoms with Crippen molar-refractivity contribution < 1.29 is 203 Å². The lowest BCUT2D eigenvalue weighted by Gasteiger charge is -2.44. The molecule has 0 radical (unpaired) electrons. The molecule has 0 bridgehead atoms. The molecule has 0 atom stereocenters. The van der Waals surface area contributed by atoms with Gasteiger partial charge in [0.15, 0.2) is 0 Å². The zero-order valence-corrected chi connectivity index (χ0v) is 41.1. The molecule has 0 aromatic carbocycles. The molecule has 1 saturated heterocycles. The minimum atomic E-state index is -9.37. The van der Waals surface area contributed by atoms with Crippen molar-refractivity contribution >= 4 is 0 Å². The Kier molecular flexibility index (Phi) is 24.0. The highest BCUT2D eigenvalue weighted by molar-refractivity contribution is 5.20. The minimum absolute atomic E-state index is 0.621. The van der Waals surface area contributed by atoms with Crippen molar-refractivity contribution in [3.8, 4) is 0 Å². The lowest BCUT2D eigenvalue weighted by Crippen LogP contribution is -2.76. The largest absolute Gasteiger partial charge is 0.460 e. The van der Waals surface area contributed by atoms with E-state index in [2.05, 4.69) is 0 Å². The summed E-state index contributed by atoms with van der Waals surface area (Å²) in [6.45, 7) is -10.0. The van der Waals surface area contributed by atoms with Gasteiger partial charge in [0.25, 0.3) is 0 Å². The molecular formula is C38H36F42N2O4. The lowest BCUT2D eigenvalue weighted by atomic mass is 9.85. The molecular weight excluding hydrogens is 1350 g/mol. The Morgan fingerprint density at radius 2 is 0.349 bits per heavy atom. The molecule has 1 heterocycles. The van der Waals surface area contributed by atoms with Crippen molar-refractivity contribution in [3.63, 3.8) is 0 Å². The SMILES string of the molecule is FC(F)(F)C(F)(F)C(F)(F)C(F)(F)C(F)(F)C(F)(F)C(F)(F)C(F)(F)C(F)(F)C(F)(F)CCCN1CCOCCOCCN(CCCC(F)(F)C(F)(F)C(F)(F)C(F)(F)C(F)(F)C(F)(F)C(F)(F)C(F)(F)C(F)(F)C(F)(F)F)CCOCCOCC1. The highest BCUT2D eigenvalue weighted by atomic mass is 19.5. The summed E-state index contributed by atoms with van der Waals surface area (Å²) in [5.74, 6) is -157. The Labute approximate surface area is 450 Å². The molecule has 0 aromatic rings. The first-order valence-electron chi connectivity index (χ1n) is 22.4. The Balaban J connectivity index is 3.14. The molecule has 1 fully saturated rings. The van der Waals surface area contributed by atoms with Gasteiger partial charge < -0.3 is 18.9 Å². The molecule has 1 aliphatic rings. The van der Waals surface area contributed by atoms with Crippen LogP contribution in [-0.4, -0.2) is 221 Å². The molecule has 86 heavy (non-hydrogen) atoms. The monoisotopic (exact) mass is 1380 g/mol. The second-order valence-corrected chi connectivity index (χ2v) is 17.9. The summed E-state index contributed by atoms with van der Waals surface area (Å²) in [6, 6.07) is 0. The summed E-state index contributed by atoms with van der Waals surface area (Å²) < 4.78 is 597. The molecule has 48 heteroatoms. The van der Waals surface area contributed by atoms with E-state index in [4.69, 9.17) is 18.9 Å². The fourth-order valence-electron chi connectivity index (χ4n) is 6.63. The van der Waals surface area contributed by atoms with Crippen LogP contribution in [0.3, 0.4) is 0 Å². The summed E-state index contributed by atoms with van der Waals surface area (Å²) in [7, 11) is 0. The lowest BCUT2D eigenvalue weighted by molar-refractivity contribution is -0.474. The zero-order valence-electron chi connectivity index (χ0n) is 41.1. The first-order valence-corrected chi connectivity index (χ1v) is 22.4. The molecule has 0 amide bonds. The highest BCUT2D eigenvalue weighted by Gasteiger charge is 3.00. The van der Waals surface area contributed by atoms with Crippen LogP contribution in [0.1, 0.15) is 25.7 Å². The van der Waals surface area contributed by atoms with Crippen LogP contribution in [0.15, 0.2) is 0 Å². The molecule has 0 N–H and O–H groups in total. The number of nitrogens with zero attached hydrogens (tertiary/aromatic N) is 2. The van der Waals surface area contributed by atoms with Gasteiger partial charge in [0.1, 0.15) is 0 Å². The van der Waals surface area contributed by atoms with E-state index in [1.54, 1.807) is 0 Å². The van der Waals surface area contributed by atoms with Gasteiger partial charge >= 0.3 is 119 Å². The number of ether oxygens (including phenoxy) is 4. The Morgan fingerprint density at radius 1 is 0.198 bits per heavy atom. The van der Waals surface area contributed by atoms with Gasteiger partial charge in [-0.3, -0.25) is 9.80 Å². The number of hydrogen-bond donors (Lipinski definition) is 0. The van der Waals surface area contributed by atoms with E-state index in [-0.39, 0.29) is 0 Å². The summed E-state index contributed by atoms with van der Waals surface area (Å²) in [5.41, 5.74) is 0. The molecule has 6 nitrogen and oxygen atoms in total. The van der Waals surface area contributed by atoms with Crippen LogP contribution in [-0.2, 0) is 18.9 Å². The van der Waals surface area contributed by atoms with Crippen molar-refractivity contribution in [1.29, 1.82) is 0 Å². The fraction of sp³-hybridized carbons (Fsp3) is 1.00. The molecule has 0 unspecified atom stereocenters. The van der Waals surface area contributed by atoms with Crippen molar-refractivity contribution in [2.24, 2.45) is 0 Å². The van der Waals surface area contributed by atoms with Gasteiger partial charge in [0.2, 0.25) is 0 Å². The van der Waals surface area contributed by atoms with Gasteiger partial charge in [-0.25, -0.2) is 0 Å². The zero-order chi connectivity index (χ0) is 68.7. The molecule has 1 aliphatic heterocycles. The van der Waals surface area contributed by atoms with Gasteiger partial charge in [-0.05, 0) is 25.9 Å². The normalized spacial score (nSPS) is 19.2. The van der Waals surface area contributed by atoms with E-state index in [9.17, 15) is 184 Å². The van der Waals surface area contributed by atoms with Gasteiger partial charge in [0, 0.05) is 39.0 Å². The summed E-state index contributed by atoms with van der Waals surface area (Å²) in [5, 5.41) is 0. The van der Waals surface area contributed by atoms with Crippen molar-refractivity contribution in [1.82, 2.24) is 9.80 Å². The summed E-state index contributed by atoms with van der Waals surface area (Å²) in [6.07, 6.45) is -25.6. The van der Waals surface area contributed by atoms with E-state index in [0.29, 0.717) is 0 Å². The predicted octanol–water partition coefficient (Wildman–Crippen LogP) is 14.8. The molecule has 1 rings (SSSR count). The number of rotatable bonds is 24. The van der Waals surface area contributed by atoms with Crippen LogP contribution < -0.4 is 0 Å². The van der Waals surface area contributed by atoms with Gasteiger partial charge in [-0.1, -0.05) is 0 Å². The molecule has 0 saturated carbocycles. The van der Waals surface area contributed by atoms with E-state index >= 15 is 0 Å². The van der Waals surface area contributed by atoms with E-state index in [1.807, 2.05) is 0 Å². The third kappa shape index (κ3) is 13.6. The van der Waals surface area contributed by atoms with Gasteiger partial charge in [0.05, 0.1) is 52.9 Å². The second kappa shape index (κ2) is 25.5. The molecule has 0 aromatic heterocycles. The Morgan fingerprint density at radius 3 is 0.512 bits per heavy atom. The maximum Gasteiger partial charge on any atom is 0.460 e. The van der Waals surface area contributed by atoms with Crippen molar-refractivity contribution in [2.45, 2.75) is 145 Å². The average molecular weight is 1380 g/mol. The van der Waals surface area contributed by atoms with Crippen LogP contribution in [0.5, 0.6) is 0 Å². The van der Waals surface area contributed by atoms with Crippen LogP contribution in [0.4, 0.5) is 184 Å². The minimum Gasteiger partial charge on any atom is -0.378 e. The molecule has 0 spiro atoms.